The summed E-state index contributed by atoms with van der Waals surface area (Å²) in [5.74, 6) is 0.759. The highest BCUT2D eigenvalue weighted by molar-refractivity contribution is 4.92. The lowest BCUT2D eigenvalue weighted by Gasteiger charge is -2.04. The molecule has 0 radical (unpaired) electrons. The summed E-state index contributed by atoms with van der Waals surface area (Å²) < 4.78 is 10.3. The number of ether oxygens (including phenoxy) is 1. The van der Waals surface area contributed by atoms with E-state index in [0.717, 1.165) is 19.4 Å². The number of nitrogens with two attached hydrogens (primary N) is 1. The molecule has 2 atom stereocenters. The van der Waals surface area contributed by atoms with E-state index in [1.54, 1.807) is 0 Å². The van der Waals surface area contributed by atoms with Gasteiger partial charge in [-0.05, 0) is 12.8 Å². The minimum atomic E-state index is -0.865. The Labute approximate surface area is 87.4 Å². The lowest BCUT2D eigenvalue weighted by Crippen LogP contribution is -2.13. The number of nitrogens with zero attached hydrogens (tertiary/aromatic N) is 2. The van der Waals surface area contributed by atoms with Crippen LogP contribution in [0.25, 0.3) is 0 Å². The van der Waals surface area contributed by atoms with Gasteiger partial charge in [0.25, 0.3) is 5.89 Å². The Kier molecular flexibility index (Phi) is 3.30. The first-order chi connectivity index (χ1) is 7.29. The number of hydrogen-bond donors (Lipinski definition) is 2. The van der Waals surface area contributed by atoms with E-state index in [4.69, 9.17) is 15.0 Å². The maximum absolute atomic E-state index is 9.35. The molecule has 0 amide bonds. The molecule has 6 heteroatoms. The van der Waals surface area contributed by atoms with Gasteiger partial charge < -0.3 is 20.1 Å². The lowest BCUT2D eigenvalue weighted by molar-refractivity contribution is 0.109. The fourth-order valence-electron chi connectivity index (χ4n) is 1.60. The third-order valence-electron chi connectivity index (χ3n) is 2.43. The summed E-state index contributed by atoms with van der Waals surface area (Å²) >= 11 is 0. The van der Waals surface area contributed by atoms with Crippen LogP contribution >= 0.6 is 0 Å². The summed E-state index contributed by atoms with van der Waals surface area (Å²) in [6, 6.07) is 0. The first kappa shape index (κ1) is 10.5. The number of hydrogen-bond acceptors (Lipinski definition) is 6. The number of aliphatic hydroxyl groups excluding tert-OH is 1. The van der Waals surface area contributed by atoms with Gasteiger partial charge in [-0.1, -0.05) is 5.16 Å². The van der Waals surface area contributed by atoms with Crippen LogP contribution < -0.4 is 5.73 Å². The van der Waals surface area contributed by atoms with Crippen molar-refractivity contribution in [2.75, 3.05) is 13.2 Å². The minimum absolute atomic E-state index is 0.0849. The number of aliphatic hydroxyl groups is 1. The molecule has 2 rings (SSSR count). The van der Waals surface area contributed by atoms with Gasteiger partial charge in [-0.25, -0.2) is 0 Å². The molecule has 0 aromatic carbocycles. The molecule has 1 saturated heterocycles. The zero-order valence-electron chi connectivity index (χ0n) is 8.43. The van der Waals surface area contributed by atoms with Gasteiger partial charge in [0.1, 0.15) is 6.10 Å². The highest BCUT2D eigenvalue weighted by Gasteiger charge is 2.20. The van der Waals surface area contributed by atoms with Crippen LogP contribution in [-0.2, 0) is 11.2 Å². The van der Waals surface area contributed by atoms with Crippen LogP contribution in [0.5, 0.6) is 0 Å². The van der Waals surface area contributed by atoms with Gasteiger partial charge in [0.15, 0.2) is 5.82 Å². The summed E-state index contributed by atoms with van der Waals surface area (Å²) in [5, 5.41) is 13.1. The Morgan fingerprint density at radius 2 is 2.47 bits per heavy atom. The van der Waals surface area contributed by atoms with E-state index in [1.165, 1.54) is 0 Å². The average molecular weight is 213 g/mol. The zero-order valence-corrected chi connectivity index (χ0v) is 8.43. The molecular weight excluding hydrogens is 198 g/mol. The molecule has 84 valence electrons. The second kappa shape index (κ2) is 4.69. The molecule has 0 spiro atoms. The molecule has 0 saturated carbocycles. The summed E-state index contributed by atoms with van der Waals surface area (Å²) in [7, 11) is 0. The SMILES string of the molecule is NC[C@H](O)c1nc(CC2CCCO2)no1. The van der Waals surface area contributed by atoms with Crippen molar-refractivity contribution >= 4 is 0 Å². The Balaban J connectivity index is 1.94. The van der Waals surface area contributed by atoms with Crippen molar-refractivity contribution in [2.24, 2.45) is 5.73 Å². The zero-order chi connectivity index (χ0) is 10.7. The number of rotatable bonds is 4. The monoisotopic (exact) mass is 213 g/mol. The van der Waals surface area contributed by atoms with Gasteiger partial charge >= 0.3 is 0 Å². The van der Waals surface area contributed by atoms with Gasteiger partial charge in [-0.15, -0.1) is 0 Å². The van der Waals surface area contributed by atoms with Crippen LogP contribution in [0.2, 0.25) is 0 Å². The molecule has 1 aliphatic heterocycles. The summed E-state index contributed by atoms with van der Waals surface area (Å²) in [6.07, 6.45) is 2.08. The van der Waals surface area contributed by atoms with E-state index in [9.17, 15) is 5.11 Å². The Bertz CT molecular complexity index is 309. The molecule has 1 aromatic heterocycles. The topological polar surface area (TPSA) is 94.4 Å². The number of aromatic nitrogens is 2. The molecule has 0 bridgehead atoms. The highest BCUT2D eigenvalue weighted by Crippen LogP contribution is 2.16. The highest BCUT2D eigenvalue weighted by atomic mass is 16.5. The van der Waals surface area contributed by atoms with Crippen molar-refractivity contribution in [1.82, 2.24) is 10.1 Å². The van der Waals surface area contributed by atoms with Gasteiger partial charge in [-0.2, -0.15) is 4.98 Å². The van der Waals surface area contributed by atoms with Crippen LogP contribution in [0, 0.1) is 0 Å². The van der Waals surface area contributed by atoms with Gasteiger partial charge in [-0.3, -0.25) is 0 Å². The van der Waals surface area contributed by atoms with Gasteiger partial charge in [0, 0.05) is 19.6 Å². The molecule has 3 N–H and O–H groups in total. The quantitative estimate of drug-likeness (QED) is 0.718. The third kappa shape index (κ3) is 2.53. The predicted molar refractivity (Wildman–Crippen MR) is 51.0 cm³/mol. The largest absolute Gasteiger partial charge is 0.382 e. The summed E-state index contributed by atoms with van der Waals surface area (Å²) in [4.78, 5) is 4.06. The van der Waals surface area contributed by atoms with Gasteiger partial charge in [0.2, 0.25) is 0 Å². The van der Waals surface area contributed by atoms with E-state index in [1.807, 2.05) is 0 Å². The standard InChI is InChI=1S/C9H15N3O3/c10-5-7(13)9-11-8(12-15-9)4-6-2-1-3-14-6/h6-7,13H,1-5,10H2/t6?,7-/m0/s1. The van der Waals surface area contributed by atoms with E-state index in [-0.39, 0.29) is 18.5 Å². The maximum Gasteiger partial charge on any atom is 0.256 e. The van der Waals surface area contributed by atoms with E-state index >= 15 is 0 Å². The second-order valence-electron chi connectivity index (χ2n) is 3.64. The van der Waals surface area contributed by atoms with Crippen molar-refractivity contribution in [3.8, 4) is 0 Å². The molecule has 1 unspecified atom stereocenters. The van der Waals surface area contributed by atoms with Crippen molar-refractivity contribution in [3.05, 3.63) is 11.7 Å². The van der Waals surface area contributed by atoms with E-state index in [0.29, 0.717) is 12.2 Å². The Morgan fingerprint density at radius 1 is 1.60 bits per heavy atom. The fourth-order valence-corrected chi connectivity index (χ4v) is 1.60. The molecule has 2 heterocycles. The minimum Gasteiger partial charge on any atom is -0.382 e. The second-order valence-corrected chi connectivity index (χ2v) is 3.64. The molecule has 0 aliphatic carbocycles. The van der Waals surface area contributed by atoms with Crippen LogP contribution in [0.3, 0.4) is 0 Å². The van der Waals surface area contributed by atoms with Crippen LogP contribution in [0.15, 0.2) is 4.52 Å². The van der Waals surface area contributed by atoms with Gasteiger partial charge in [0.05, 0.1) is 6.10 Å². The molecule has 1 aliphatic rings. The van der Waals surface area contributed by atoms with Crippen LogP contribution in [-0.4, -0.2) is 34.5 Å². The van der Waals surface area contributed by atoms with Crippen LogP contribution in [0.1, 0.15) is 30.7 Å². The van der Waals surface area contributed by atoms with E-state index < -0.39 is 6.10 Å². The first-order valence-corrected chi connectivity index (χ1v) is 5.12. The average Bonchev–Trinajstić information content (AvgIpc) is 2.88. The van der Waals surface area contributed by atoms with Crippen LogP contribution in [0.4, 0.5) is 0 Å². The third-order valence-corrected chi connectivity index (χ3v) is 2.43. The molecule has 1 fully saturated rings. The molecule has 15 heavy (non-hydrogen) atoms. The fraction of sp³-hybridized carbons (Fsp3) is 0.778. The maximum atomic E-state index is 9.35. The van der Waals surface area contributed by atoms with E-state index in [2.05, 4.69) is 10.1 Å². The Hall–Kier alpha value is -0.980. The lowest BCUT2D eigenvalue weighted by atomic mass is 10.2. The summed E-state index contributed by atoms with van der Waals surface area (Å²) in [5.41, 5.74) is 5.27. The van der Waals surface area contributed by atoms with Crippen molar-refractivity contribution in [3.63, 3.8) is 0 Å². The molecule has 6 nitrogen and oxygen atoms in total. The Morgan fingerprint density at radius 3 is 3.13 bits per heavy atom. The van der Waals surface area contributed by atoms with Crippen molar-refractivity contribution in [2.45, 2.75) is 31.5 Å². The first-order valence-electron chi connectivity index (χ1n) is 5.12. The van der Waals surface area contributed by atoms with Crippen molar-refractivity contribution in [1.29, 1.82) is 0 Å². The van der Waals surface area contributed by atoms with Crippen molar-refractivity contribution < 1.29 is 14.4 Å². The normalized spacial score (nSPS) is 23.2. The molecular formula is C9H15N3O3. The molecule has 1 aromatic rings. The predicted octanol–water partition coefficient (Wildman–Crippen LogP) is -0.217. The smallest absolute Gasteiger partial charge is 0.256 e. The summed E-state index contributed by atoms with van der Waals surface area (Å²) in [6.45, 7) is 0.891.